The zero-order valence-electron chi connectivity index (χ0n) is 17.4. The van der Waals surface area contributed by atoms with Crippen molar-refractivity contribution in [3.63, 3.8) is 0 Å². The van der Waals surface area contributed by atoms with Crippen LogP contribution in [0.2, 0.25) is 0 Å². The number of nitrogens with zero attached hydrogens (tertiary/aromatic N) is 2. The van der Waals surface area contributed by atoms with Crippen molar-refractivity contribution in [3.05, 3.63) is 48.5 Å². The van der Waals surface area contributed by atoms with Gasteiger partial charge in [0.25, 0.3) is 0 Å². The second-order valence-corrected chi connectivity index (χ2v) is 10.5. The SMILES string of the molecule is COc1ccc(SCCC(=O)Nc2nnc(-c3ccc(S(=O)(=O)C(C)C)cc3)o2)cc1. The van der Waals surface area contributed by atoms with Gasteiger partial charge in [-0.15, -0.1) is 16.9 Å². The predicted octanol–water partition coefficient (Wildman–Crippen LogP) is 4.05. The lowest BCUT2D eigenvalue weighted by Crippen LogP contribution is -2.13. The van der Waals surface area contributed by atoms with E-state index < -0.39 is 15.1 Å². The first kappa shape index (κ1) is 22.8. The van der Waals surface area contributed by atoms with Gasteiger partial charge in [-0.25, -0.2) is 8.42 Å². The quantitative estimate of drug-likeness (QED) is 0.475. The number of hydrogen-bond acceptors (Lipinski definition) is 8. The zero-order chi connectivity index (χ0) is 22.4. The van der Waals surface area contributed by atoms with Gasteiger partial charge < -0.3 is 9.15 Å². The van der Waals surface area contributed by atoms with Crippen LogP contribution in [0.15, 0.2) is 62.7 Å². The van der Waals surface area contributed by atoms with E-state index in [4.69, 9.17) is 9.15 Å². The highest BCUT2D eigenvalue weighted by Crippen LogP contribution is 2.24. The summed E-state index contributed by atoms with van der Waals surface area (Å²) in [7, 11) is -1.74. The van der Waals surface area contributed by atoms with Gasteiger partial charge >= 0.3 is 6.01 Å². The lowest BCUT2D eigenvalue weighted by Gasteiger charge is -2.07. The monoisotopic (exact) mass is 461 g/mol. The normalized spacial score (nSPS) is 11.5. The molecule has 0 radical (unpaired) electrons. The van der Waals surface area contributed by atoms with E-state index in [1.54, 1.807) is 44.9 Å². The van der Waals surface area contributed by atoms with E-state index in [0.29, 0.717) is 11.3 Å². The third kappa shape index (κ3) is 5.86. The Morgan fingerprint density at radius 2 is 1.77 bits per heavy atom. The van der Waals surface area contributed by atoms with Crippen LogP contribution in [0.4, 0.5) is 6.01 Å². The van der Waals surface area contributed by atoms with Crippen LogP contribution in [-0.2, 0) is 14.6 Å². The number of anilines is 1. The average Bonchev–Trinajstić information content (AvgIpc) is 3.22. The molecule has 0 spiro atoms. The van der Waals surface area contributed by atoms with Gasteiger partial charge in [-0.1, -0.05) is 5.10 Å². The van der Waals surface area contributed by atoms with Gasteiger partial charge in [0.15, 0.2) is 9.84 Å². The highest BCUT2D eigenvalue weighted by Gasteiger charge is 2.19. The van der Waals surface area contributed by atoms with E-state index >= 15 is 0 Å². The molecule has 164 valence electrons. The van der Waals surface area contributed by atoms with Crippen LogP contribution < -0.4 is 10.1 Å². The number of aromatic nitrogens is 2. The molecule has 0 fully saturated rings. The van der Waals surface area contributed by atoms with Gasteiger partial charge in [-0.3, -0.25) is 10.1 Å². The predicted molar refractivity (Wildman–Crippen MR) is 119 cm³/mol. The molecular weight excluding hydrogens is 438 g/mol. The molecule has 0 aliphatic carbocycles. The Morgan fingerprint density at radius 3 is 2.39 bits per heavy atom. The second kappa shape index (κ2) is 9.97. The number of sulfone groups is 1. The van der Waals surface area contributed by atoms with E-state index in [-0.39, 0.29) is 29.1 Å². The minimum Gasteiger partial charge on any atom is -0.497 e. The molecule has 31 heavy (non-hydrogen) atoms. The second-order valence-electron chi connectivity index (χ2n) is 6.85. The van der Waals surface area contributed by atoms with Crippen molar-refractivity contribution in [3.8, 4) is 17.2 Å². The third-order valence-electron chi connectivity index (χ3n) is 4.38. The summed E-state index contributed by atoms with van der Waals surface area (Å²) < 4.78 is 35.0. The number of hydrogen-bond donors (Lipinski definition) is 1. The van der Waals surface area contributed by atoms with E-state index in [2.05, 4.69) is 15.5 Å². The fourth-order valence-electron chi connectivity index (χ4n) is 2.57. The molecule has 0 aliphatic rings. The molecule has 3 rings (SSSR count). The number of ether oxygens (including phenoxy) is 1. The number of benzene rings is 2. The Hall–Kier alpha value is -2.85. The molecule has 2 aromatic carbocycles. The Balaban J connectivity index is 1.53. The molecule has 0 saturated heterocycles. The molecule has 1 aromatic heterocycles. The highest BCUT2D eigenvalue weighted by atomic mass is 32.2. The first-order chi connectivity index (χ1) is 14.8. The van der Waals surface area contributed by atoms with Crippen LogP contribution in [0.1, 0.15) is 20.3 Å². The van der Waals surface area contributed by atoms with Gasteiger partial charge in [0.05, 0.1) is 17.3 Å². The summed E-state index contributed by atoms with van der Waals surface area (Å²) in [6.07, 6.45) is 0.274. The van der Waals surface area contributed by atoms with Crippen molar-refractivity contribution < 1.29 is 22.4 Å². The van der Waals surface area contributed by atoms with Crippen LogP contribution in [0.25, 0.3) is 11.5 Å². The summed E-state index contributed by atoms with van der Waals surface area (Å²) in [4.78, 5) is 13.4. The van der Waals surface area contributed by atoms with Crippen LogP contribution in [0.3, 0.4) is 0 Å². The Kier molecular flexibility index (Phi) is 7.34. The summed E-state index contributed by atoms with van der Waals surface area (Å²) >= 11 is 1.55. The minimum atomic E-state index is -3.35. The van der Waals surface area contributed by atoms with Crippen molar-refractivity contribution in [2.24, 2.45) is 0 Å². The first-order valence-electron chi connectivity index (χ1n) is 9.54. The number of nitrogens with one attached hydrogen (secondary N) is 1. The van der Waals surface area contributed by atoms with Crippen molar-refractivity contribution >= 4 is 33.5 Å². The summed E-state index contributed by atoms with van der Waals surface area (Å²) in [5, 5.41) is 9.81. The average molecular weight is 462 g/mol. The maximum Gasteiger partial charge on any atom is 0.322 e. The zero-order valence-corrected chi connectivity index (χ0v) is 19.0. The molecule has 0 aliphatic heterocycles. The molecule has 3 aromatic rings. The largest absolute Gasteiger partial charge is 0.497 e. The maximum absolute atomic E-state index is 12.2. The maximum atomic E-state index is 12.2. The van der Waals surface area contributed by atoms with Crippen molar-refractivity contribution in [1.82, 2.24) is 10.2 Å². The molecule has 0 atom stereocenters. The number of carbonyl (C=O) groups excluding carboxylic acids is 1. The molecular formula is C21H23N3O5S2. The molecule has 1 amide bonds. The van der Waals surface area contributed by atoms with Crippen LogP contribution in [0, 0.1) is 0 Å². The van der Waals surface area contributed by atoms with Crippen LogP contribution >= 0.6 is 11.8 Å². The number of carbonyl (C=O) groups is 1. The molecule has 0 bridgehead atoms. The molecule has 0 saturated carbocycles. The van der Waals surface area contributed by atoms with Gasteiger partial charge in [-0.2, -0.15) is 0 Å². The van der Waals surface area contributed by atoms with Crippen molar-refractivity contribution in [2.45, 2.75) is 35.3 Å². The van der Waals surface area contributed by atoms with Gasteiger partial charge in [-0.05, 0) is 62.4 Å². The molecule has 1 N–H and O–H groups in total. The standard InChI is InChI=1S/C21H23N3O5S2/c1-14(2)31(26,27)18-10-4-15(5-11-18)20-23-24-21(29-20)22-19(25)12-13-30-17-8-6-16(28-3)7-9-17/h4-11,14H,12-13H2,1-3H3,(H,22,24,25). The smallest absolute Gasteiger partial charge is 0.322 e. The molecule has 1 heterocycles. The Labute approximate surface area is 185 Å². The van der Waals surface area contributed by atoms with E-state index in [0.717, 1.165) is 10.6 Å². The van der Waals surface area contributed by atoms with Crippen LogP contribution in [0.5, 0.6) is 5.75 Å². The van der Waals surface area contributed by atoms with E-state index in [1.807, 2.05) is 24.3 Å². The fraction of sp³-hybridized carbons (Fsp3) is 0.286. The fourth-order valence-corrected chi connectivity index (χ4v) is 4.48. The van der Waals surface area contributed by atoms with Gasteiger partial charge in [0.2, 0.25) is 11.8 Å². The van der Waals surface area contributed by atoms with E-state index in [1.165, 1.54) is 12.1 Å². The number of methoxy groups -OCH3 is 1. The lowest BCUT2D eigenvalue weighted by molar-refractivity contribution is -0.115. The summed E-state index contributed by atoms with van der Waals surface area (Å²) in [5.74, 6) is 1.32. The number of thioether (sulfide) groups is 1. The van der Waals surface area contributed by atoms with Gasteiger partial charge in [0, 0.05) is 22.6 Å². The molecule has 8 nitrogen and oxygen atoms in total. The molecule has 0 unspecified atom stereocenters. The third-order valence-corrected chi connectivity index (χ3v) is 7.56. The topological polar surface area (TPSA) is 111 Å². The minimum absolute atomic E-state index is 0.00618. The van der Waals surface area contributed by atoms with Crippen molar-refractivity contribution in [2.75, 3.05) is 18.2 Å². The Morgan fingerprint density at radius 1 is 1.10 bits per heavy atom. The lowest BCUT2D eigenvalue weighted by atomic mass is 10.2. The Bertz CT molecular complexity index is 1120. The van der Waals surface area contributed by atoms with E-state index in [9.17, 15) is 13.2 Å². The van der Waals surface area contributed by atoms with Crippen LogP contribution in [-0.4, -0.2) is 42.6 Å². The molecule has 10 heteroatoms. The first-order valence-corrected chi connectivity index (χ1v) is 12.1. The summed E-state index contributed by atoms with van der Waals surface area (Å²) in [5.41, 5.74) is 0.561. The highest BCUT2D eigenvalue weighted by molar-refractivity contribution is 7.99. The van der Waals surface area contributed by atoms with Gasteiger partial charge in [0.1, 0.15) is 5.75 Å². The number of rotatable bonds is 9. The number of amides is 1. The summed E-state index contributed by atoms with van der Waals surface area (Å²) in [6.45, 7) is 3.26. The summed E-state index contributed by atoms with van der Waals surface area (Å²) in [6, 6.07) is 13.8. The van der Waals surface area contributed by atoms with Crippen molar-refractivity contribution in [1.29, 1.82) is 0 Å².